The second-order valence-electron chi connectivity index (χ2n) is 5.67. The Kier molecular flexibility index (Phi) is 4.93. The number of aliphatic imine (C=N–C) groups is 1. The van der Waals surface area contributed by atoms with E-state index in [0.29, 0.717) is 17.1 Å². The van der Waals surface area contributed by atoms with Crippen LogP contribution in [0.15, 0.2) is 47.1 Å². The predicted molar refractivity (Wildman–Crippen MR) is 97.9 cm³/mol. The smallest absolute Gasteiger partial charge is 0.363 e. The molecule has 0 atom stereocenters. The molecule has 2 aromatic rings. The van der Waals surface area contributed by atoms with Crippen molar-refractivity contribution >= 4 is 17.9 Å². The van der Waals surface area contributed by atoms with Crippen LogP contribution in [0.4, 0.5) is 0 Å². The van der Waals surface area contributed by atoms with Crippen molar-refractivity contribution in [1.82, 2.24) is 0 Å². The molecule has 0 aliphatic carbocycles. The lowest BCUT2D eigenvalue weighted by atomic mass is 10.1. The minimum Gasteiger partial charge on any atom is -0.497 e. The molecule has 0 N–H and O–H groups in total. The van der Waals surface area contributed by atoms with Gasteiger partial charge in [0.1, 0.15) is 17.2 Å². The first-order valence-corrected chi connectivity index (χ1v) is 7.94. The molecule has 3 rings (SSSR count). The van der Waals surface area contributed by atoms with Gasteiger partial charge < -0.3 is 18.9 Å². The van der Waals surface area contributed by atoms with E-state index in [-0.39, 0.29) is 11.6 Å². The molecule has 6 nitrogen and oxygen atoms in total. The SMILES string of the molecule is COc1cc(OC)cc(C2=N/C(=C/c3ccc(OC)c(C)c3)C(=O)O2)c1. The summed E-state index contributed by atoms with van der Waals surface area (Å²) < 4.78 is 21.0. The van der Waals surface area contributed by atoms with Crippen molar-refractivity contribution in [2.45, 2.75) is 6.92 Å². The van der Waals surface area contributed by atoms with Gasteiger partial charge in [0.25, 0.3) is 0 Å². The first-order chi connectivity index (χ1) is 12.5. The molecule has 0 radical (unpaired) electrons. The summed E-state index contributed by atoms with van der Waals surface area (Å²) in [6, 6.07) is 10.8. The van der Waals surface area contributed by atoms with Gasteiger partial charge in [-0.3, -0.25) is 0 Å². The number of nitrogens with zero attached hydrogens (tertiary/aromatic N) is 1. The molecule has 1 aliphatic rings. The molecular weight excluding hydrogens is 334 g/mol. The van der Waals surface area contributed by atoms with E-state index in [1.807, 2.05) is 25.1 Å². The fraction of sp³-hybridized carbons (Fsp3) is 0.200. The van der Waals surface area contributed by atoms with Crippen LogP contribution in [0.2, 0.25) is 0 Å². The van der Waals surface area contributed by atoms with Gasteiger partial charge in [-0.15, -0.1) is 0 Å². The average Bonchev–Trinajstić information content (AvgIpc) is 3.02. The quantitative estimate of drug-likeness (QED) is 0.609. The van der Waals surface area contributed by atoms with Crippen LogP contribution >= 0.6 is 0 Å². The number of aryl methyl sites for hydroxylation is 1. The highest BCUT2D eigenvalue weighted by Gasteiger charge is 2.25. The van der Waals surface area contributed by atoms with Crippen molar-refractivity contribution in [1.29, 1.82) is 0 Å². The van der Waals surface area contributed by atoms with Gasteiger partial charge in [-0.2, -0.15) is 0 Å². The number of ether oxygens (including phenoxy) is 4. The molecule has 0 fully saturated rings. The summed E-state index contributed by atoms with van der Waals surface area (Å²) >= 11 is 0. The van der Waals surface area contributed by atoms with E-state index in [2.05, 4.69) is 4.99 Å². The van der Waals surface area contributed by atoms with Gasteiger partial charge in [-0.25, -0.2) is 9.79 Å². The highest BCUT2D eigenvalue weighted by molar-refractivity contribution is 6.13. The molecule has 0 amide bonds. The number of hydrogen-bond donors (Lipinski definition) is 0. The lowest BCUT2D eigenvalue weighted by Crippen LogP contribution is -2.06. The number of carbonyl (C=O) groups excluding carboxylic acids is 1. The topological polar surface area (TPSA) is 66.3 Å². The van der Waals surface area contributed by atoms with Crippen molar-refractivity contribution < 1.29 is 23.7 Å². The third kappa shape index (κ3) is 3.54. The number of methoxy groups -OCH3 is 3. The van der Waals surface area contributed by atoms with Gasteiger partial charge in [0.05, 0.1) is 21.3 Å². The minimum absolute atomic E-state index is 0.212. The van der Waals surface area contributed by atoms with Gasteiger partial charge in [0, 0.05) is 11.6 Å². The fourth-order valence-electron chi connectivity index (χ4n) is 2.61. The van der Waals surface area contributed by atoms with E-state index in [1.54, 1.807) is 45.6 Å². The number of rotatable bonds is 5. The van der Waals surface area contributed by atoms with Gasteiger partial charge in [-0.1, -0.05) is 6.07 Å². The van der Waals surface area contributed by atoms with Crippen LogP contribution in [-0.4, -0.2) is 33.2 Å². The van der Waals surface area contributed by atoms with Gasteiger partial charge >= 0.3 is 5.97 Å². The van der Waals surface area contributed by atoms with Gasteiger partial charge in [0.2, 0.25) is 5.90 Å². The molecule has 0 saturated heterocycles. The number of cyclic esters (lactones) is 1. The van der Waals surface area contributed by atoms with Crippen molar-refractivity contribution in [3.05, 3.63) is 58.8 Å². The predicted octanol–water partition coefficient (Wildman–Crippen LogP) is 3.37. The van der Waals surface area contributed by atoms with E-state index < -0.39 is 5.97 Å². The summed E-state index contributed by atoms with van der Waals surface area (Å²) in [5, 5.41) is 0. The maximum Gasteiger partial charge on any atom is 0.363 e. The summed E-state index contributed by atoms with van der Waals surface area (Å²) in [5.74, 6) is 1.66. The zero-order valence-corrected chi connectivity index (χ0v) is 15.0. The normalized spacial score (nSPS) is 14.8. The zero-order chi connectivity index (χ0) is 18.7. The van der Waals surface area contributed by atoms with Crippen LogP contribution in [-0.2, 0) is 9.53 Å². The minimum atomic E-state index is -0.504. The second-order valence-corrected chi connectivity index (χ2v) is 5.67. The van der Waals surface area contributed by atoms with E-state index in [9.17, 15) is 4.79 Å². The number of carbonyl (C=O) groups is 1. The largest absolute Gasteiger partial charge is 0.497 e. The first-order valence-electron chi connectivity index (χ1n) is 7.94. The van der Waals surface area contributed by atoms with E-state index in [0.717, 1.165) is 16.9 Å². The van der Waals surface area contributed by atoms with E-state index >= 15 is 0 Å². The van der Waals surface area contributed by atoms with Crippen LogP contribution in [0.5, 0.6) is 17.2 Å². The summed E-state index contributed by atoms with van der Waals surface area (Å²) in [4.78, 5) is 16.5. The Morgan fingerprint density at radius 1 is 0.962 bits per heavy atom. The summed E-state index contributed by atoms with van der Waals surface area (Å²) in [7, 11) is 4.73. The monoisotopic (exact) mass is 353 g/mol. The molecule has 0 spiro atoms. The summed E-state index contributed by atoms with van der Waals surface area (Å²) in [6.07, 6.45) is 1.68. The fourth-order valence-corrected chi connectivity index (χ4v) is 2.61. The Balaban J connectivity index is 1.95. The first kappa shape index (κ1) is 17.5. The lowest BCUT2D eigenvalue weighted by Gasteiger charge is -2.07. The highest BCUT2D eigenvalue weighted by Crippen LogP contribution is 2.27. The molecule has 2 aromatic carbocycles. The molecule has 0 bridgehead atoms. The molecule has 0 aromatic heterocycles. The van der Waals surface area contributed by atoms with Gasteiger partial charge in [0.15, 0.2) is 5.70 Å². The maximum absolute atomic E-state index is 12.2. The second kappa shape index (κ2) is 7.31. The Labute approximate surface area is 151 Å². The number of esters is 1. The zero-order valence-electron chi connectivity index (χ0n) is 15.0. The average molecular weight is 353 g/mol. The molecule has 6 heteroatoms. The van der Waals surface area contributed by atoms with Crippen LogP contribution in [0.3, 0.4) is 0 Å². The molecule has 26 heavy (non-hydrogen) atoms. The lowest BCUT2D eigenvalue weighted by molar-refractivity contribution is -0.129. The van der Waals surface area contributed by atoms with Crippen molar-refractivity contribution in [3.8, 4) is 17.2 Å². The molecular formula is C20H19NO5. The van der Waals surface area contributed by atoms with Gasteiger partial charge in [-0.05, 0) is 48.4 Å². The third-order valence-electron chi connectivity index (χ3n) is 3.94. The maximum atomic E-state index is 12.2. The Morgan fingerprint density at radius 2 is 1.65 bits per heavy atom. The molecule has 1 heterocycles. The Hall–Kier alpha value is -3.28. The molecule has 0 saturated carbocycles. The third-order valence-corrected chi connectivity index (χ3v) is 3.94. The van der Waals surface area contributed by atoms with Crippen LogP contribution in [0.25, 0.3) is 6.08 Å². The Bertz CT molecular complexity index is 892. The van der Waals surface area contributed by atoms with Crippen molar-refractivity contribution in [3.63, 3.8) is 0 Å². The summed E-state index contributed by atoms with van der Waals surface area (Å²) in [6.45, 7) is 1.94. The standard InChI is InChI=1S/C20H19NO5/c1-12-7-13(5-6-18(12)25-4)8-17-20(22)26-19(21-17)14-9-15(23-2)11-16(10-14)24-3/h5-11H,1-4H3/b17-8+. The van der Waals surface area contributed by atoms with E-state index in [4.69, 9.17) is 18.9 Å². The Morgan fingerprint density at radius 3 is 2.23 bits per heavy atom. The molecule has 1 aliphatic heterocycles. The van der Waals surface area contributed by atoms with Crippen LogP contribution in [0, 0.1) is 6.92 Å². The van der Waals surface area contributed by atoms with Crippen LogP contribution < -0.4 is 14.2 Å². The van der Waals surface area contributed by atoms with Crippen molar-refractivity contribution in [2.24, 2.45) is 4.99 Å². The molecule has 0 unspecified atom stereocenters. The van der Waals surface area contributed by atoms with Crippen molar-refractivity contribution in [2.75, 3.05) is 21.3 Å². The van der Waals surface area contributed by atoms with E-state index in [1.165, 1.54) is 0 Å². The molecule has 134 valence electrons. The number of benzene rings is 2. The van der Waals surface area contributed by atoms with Crippen LogP contribution in [0.1, 0.15) is 16.7 Å². The number of hydrogen-bond acceptors (Lipinski definition) is 6. The highest BCUT2D eigenvalue weighted by atomic mass is 16.6. The summed E-state index contributed by atoms with van der Waals surface area (Å²) in [5.41, 5.74) is 2.63.